The summed E-state index contributed by atoms with van der Waals surface area (Å²) in [6.07, 6.45) is 2.53. The molecule has 2 rings (SSSR count). The Morgan fingerprint density at radius 2 is 2.06 bits per heavy atom. The van der Waals surface area contributed by atoms with Crippen molar-refractivity contribution in [3.05, 3.63) is 29.8 Å². The molecule has 2 atom stereocenters. The monoisotopic (exact) mass is 249 g/mol. The van der Waals surface area contributed by atoms with Gasteiger partial charge in [0.15, 0.2) is 0 Å². The lowest BCUT2D eigenvalue weighted by molar-refractivity contribution is 0.126. The Balaban J connectivity index is 2.26. The number of nitrogens with zero attached hydrogens (tertiary/aromatic N) is 1. The molecule has 1 aliphatic rings. The quantitative estimate of drug-likeness (QED) is 0.870. The van der Waals surface area contributed by atoms with Gasteiger partial charge in [0.2, 0.25) is 0 Å². The maximum Gasteiger partial charge on any atom is 0.119 e. The van der Waals surface area contributed by atoms with Crippen molar-refractivity contribution in [1.82, 2.24) is 4.90 Å². The van der Waals surface area contributed by atoms with E-state index >= 15 is 0 Å². The molecule has 3 heteroatoms. The Hall–Kier alpha value is -1.06. The molecule has 0 radical (unpaired) electrons. The molecule has 100 valence electrons. The Morgan fingerprint density at radius 3 is 2.67 bits per heavy atom. The van der Waals surface area contributed by atoms with Gasteiger partial charge in [-0.3, -0.25) is 4.90 Å². The molecule has 1 aromatic carbocycles. The molecular weight excluding hydrogens is 226 g/mol. The summed E-state index contributed by atoms with van der Waals surface area (Å²) in [5.74, 6) is 1.14. The van der Waals surface area contributed by atoms with Crippen LogP contribution in [-0.4, -0.2) is 36.8 Å². The van der Waals surface area contributed by atoms with Gasteiger partial charge in [-0.25, -0.2) is 0 Å². The van der Waals surface area contributed by atoms with E-state index in [1.165, 1.54) is 18.4 Å². The van der Waals surface area contributed by atoms with Gasteiger partial charge in [-0.1, -0.05) is 19.1 Å². The summed E-state index contributed by atoms with van der Waals surface area (Å²) in [6, 6.07) is 8.52. The minimum atomic E-state index is 0.221. The van der Waals surface area contributed by atoms with E-state index in [-0.39, 0.29) is 12.5 Å². The number of aliphatic hydroxyl groups is 1. The number of rotatable bonds is 5. The predicted molar refractivity (Wildman–Crippen MR) is 72.8 cm³/mol. The van der Waals surface area contributed by atoms with Crippen LogP contribution in [0.3, 0.4) is 0 Å². The third kappa shape index (κ3) is 2.85. The van der Waals surface area contributed by atoms with E-state index in [2.05, 4.69) is 24.0 Å². The first-order valence-electron chi connectivity index (χ1n) is 6.75. The topological polar surface area (TPSA) is 32.7 Å². The molecular formula is C15H23NO2. The van der Waals surface area contributed by atoms with Crippen molar-refractivity contribution in [2.75, 3.05) is 26.8 Å². The molecule has 3 nitrogen and oxygen atoms in total. The van der Waals surface area contributed by atoms with Crippen molar-refractivity contribution in [3.8, 4) is 5.75 Å². The molecule has 0 spiro atoms. The number of likely N-dealkylation sites (tertiary alicyclic amines) is 1. The molecule has 0 bridgehead atoms. The molecule has 2 unspecified atom stereocenters. The SMILES string of the molecule is COc1cccc(C(C(C)CO)N2CCCC2)c1. The summed E-state index contributed by atoms with van der Waals surface area (Å²) < 4.78 is 5.30. The van der Waals surface area contributed by atoms with Gasteiger partial charge < -0.3 is 9.84 Å². The minimum Gasteiger partial charge on any atom is -0.497 e. The van der Waals surface area contributed by atoms with Gasteiger partial charge in [-0.15, -0.1) is 0 Å². The summed E-state index contributed by atoms with van der Waals surface area (Å²) in [6.45, 7) is 4.60. The third-order valence-electron chi connectivity index (χ3n) is 3.80. The van der Waals surface area contributed by atoms with Crippen LogP contribution in [0.25, 0.3) is 0 Å². The summed E-state index contributed by atoms with van der Waals surface area (Å²) in [5.41, 5.74) is 1.25. The molecule has 1 heterocycles. The van der Waals surface area contributed by atoms with Crippen LogP contribution in [0.4, 0.5) is 0 Å². The van der Waals surface area contributed by atoms with Crippen LogP contribution in [0, 0.1) is 5.92 Å². The van der Waals surface area contributed by atoms with Gasteiger partial charge in [-0.2, -0.15) is 0 Å². The fourth-order valence-corrected chi connectivity index (χ4v) is 2.84. The summed E-state index contributed by atoms with van der Waals surface area (Å²) in [5, 5.41) is 9.50. The first-order chi connectivity index (χ1) is 8.76. The predicted octanol–water partition coefficient (Wildman–Crippen LogP) is 2.46. The largest absolute Gasteiger partial charge is 0.497 e. The fraction of sp³-hybridized carbons (Fsp3) is 0.600. The van der Waals surface area contributed by atoms with E-state index in [0.29, 0.717) is 6.04 Å². The fourth-order valence-electron chi connectivity index (χ4n) is 2.84. The van der Waals surface area contributed by atoms with Crippen LogP contribution >= 0.6 is 0 Å². The maximum absolute atomic E-state index is 9.50. The van der Waals surface area contributed by atoms with Crippen LogP contribution in [0.2, 0.25) is 0 Å². The smallest absolute Gasteiger partial charge is 0.119 e. The van der Waals surface area contributed by atoms with Crippen molar-refractivity contribution in [1.29, 1.82) is 0 Å². The second kappa shape index (κ2) is 6.21. The van der Waals surface area contributed by atoms with Crippen molar-refractivity contribution in [2.24, 2.45) is 5.92 Å². The highest BCUT2D eigenvalue weighted by Crippen LogP contribution is 2.33. The lowest BCUT2D eigenvalue weighted by Gasteiger charge is -2.32. The molecule has 18 heavy (non-hydrogen) atoms. The molecule has 1 fully saturated rings. The first kappa shape index (κ1) is 13.4. The Bertz CT molecular complexity index is 375. The zero-order valence-electron chi connectivity index (χ0n) is 11.3. The first-order valence-corrected chi connectivity index (χ1v) is 6.75. The number of aliphatic hydroxyl groups excluding tert-OH is 1. The van der Waals surface area contributed by atoms with E-state index in [1.807, 2.05) is 12.1 Å². The number of hydrogen-bond acceptors (Lipinski definition) is 3. The number of benzene rings is 1. The molecule has 1 N–H and O–H groups in total. The van der Waals surface area contributed by atoms with Gasteiger partial charge in [-0.05, 0) is 49.5 Å². The Labute approximate surface area is 109 Å². The van der Waals surface area contributed by atoms with Gasteiger partial charge in [0.1, 0.15) is 5.75 Å². The van der Waals surface area contributed by atoms with E-state index in [0.717, 1.165) is 18.8 Å². The normalized spacial score (nSPS) is 19.7. The molecule has 1 aromatic rings. The summed E-state index contributed by atoms with van der Waals surface area (Å²) in [7, 11) is 1.69. The van der Waals surface area contributed by atoms with Crippen LogP contribution in [0.15, 0.2) is 24.3 Å². The molecule has 1 aliphatic heterocycles. The standard InChI is InChI=1S/C15H23NO2/c1-12(11-17)15(16-8-3-4-9-16)13-6-5-7-14(10-13)18-2/h5-7,10,12,15,17H,3-4,8-9,11H2,1-2H3. The highest BCUT2D eigenvalue weighted by atomic mass is 16.5. The summed E-state index contributed by atoms with van der Waals surface area (Å²) >= 11 is 0. The zero-order valence-corrected chi connectivity index (χ0v) is 11.3. The highest BCUT2D eigenvalue weighted by molar-refractivity contribution is 5.31. The molecule has 0 saturated carbocycles. The molecule has 0 aliphatic carbocycles. The lowest BCUT2D eigenvalue weighted by Crippen LogP contribution is -2.31. The van der Waals surface area contributed by atoms with E-state index < -0.39 is 0 Å². The summed E-state index contributed by atoms with van der Waals surface area (Å²) in [4.78, 5) is 2.48. The van der Waals surface area contributed by atoms with E-state index in [4.69, 9.17) is 4.74 Å². The van der Waals surface area contributed by atoms with Crippen molar-refractivity contribution >= 4 is 0 Å². The molecule has 0 aromatic heterocycles. The number of ether oxygens (including phenoxy) is 1. The lowest BCUT2D eigenvalue weighted by atomic mass is 9.93. The molecule has 0 amide bonds. The highest BCUT2D eigenvalue weighted by Gasteiger charge is 2.28. The second-order valence-electron chi connectivity index (χ2n) is 5.12. The second-order valence-corrected chi connectivity index (χ2v) is 5.12. The van der Waals surface area contributed by atoms with Crippen LogP contribution < -0.4 is 4.74 Å². The average Bonchev–Trinajstić information content (AvgIpc) is 2.93. The van der Waals surface area contributed by atoms with Gasteiger partial charge in [0, 0.05) is 12.6 Å². The Kier molecular flexibility index (Phi) is 4.61. The van der Waals surface area contributed by atoms with Gasteiger partial charge in [0.25, 0.3) is 0 Å². The van der Waals surface area contributed by atoms with E-state index in [1.54, 1.807) is 7.11 Å². The number of methoxy groups -OCH3 is 1. The van der Waals surface area contributed by atoms with Crippen molar-refractivity contribution in [2.45, 2.75) is 25.8 Å². The van der Waals surface area contributed by atoms with Crippen LogP contribution in [-0.2, 0) is 0 Å². The maximum atomic E-state index is 9.50. The Morgan fingerprint density at radius 1 is 1.33 bits per heavy atom. The van der Waals surface area contributed by atoms with Crippen LogP contribution in [0.5, 0.6) is 5.75 Å². The number of hydrogen-bond donors (Lipinski definition) is 1. The van der Waals surface area contributed by atoms with Gasteiger partial charge >= 0.3 is 0 Å². The van der Waals surface area contributed by atoms with Crippen molar-refractivity contribution < 1.29 is 9.84 Å². The minimum absolute atomic E-state index is 0.221. The zero-order chi connectivity index (χ0) is 13.0. The van der Waals surface area contributed by atoms with Gasteiger partial charge in [0.05, 0.1) is 7.11 Å². The average molecular weight is 249 g/mol. The van der Waals surface area contributed by atoms with Crippen molar-refractivity contribution in [3.63, 3.8) is 0 Å². The van der Waals surface area contributed by atoms with E-state index in [9.17, 15) is 5.11 Å². The third-order valence-corrected chi connectivity index (χ3v) is 3.80. The molecule has 1 saturated heterocycles. The van der Waals surface area contributed by atoms with Crippen LogP contribution in [0.1, 0.15) is 31.4 Å².